The maximum absolute atomic E-state index is 13.3. The second kappa shape index (κ2) is 8.43. The molecule has 3 aliphatic heterocycles. The topological polar surface area (TPSA) is 88.9 Å². The van der Waals surface area contributed by atoms with Crippen molar-refractivity contribution in [3.63, 3.8) is 0 Å². The number of carbonyl (C=O) groups is 2. The van der Waals surface area contributed by atoms with Crippen molar-refractivity contribution in [2.45, 2.75) is 76.3 Å². The van der Waals surface area contributed by atoms with E-state index < -0.39 is 5.79 Å². The molecule has 176 valence electrons. The predicted octanol–water partition coefficient (Wildman–Crippen LogP) is 1.63. The van der Waals surface area contributed by atoms with Gasteiger partial charge in [0.1, 0.15) is 5.69 Å². The van der Waals surface area contributed by atoms with Crippen LogP contribution in [0.5, 0.6) is 0 Å². The average molecular weight is 446 g/mol. The summed E-state index contributed by atoms with van der Waals surface area (Å²) in [6.45, 7) is 8.45. The number of nitrogens with zero attached hydrogens (tertiary/aromatic N) is 4. The molecule has 1 unspecified atom stereocenters. The Bertz CT molecular complexity index is 864. The van der Waals surface area contributed by atoms with Gasteiger partial charge in [-0.25, -0.2) is 0 Å². The lowest BCUT2D eigenvalue weighted by Crippen LogP contribution is -2.61. The Hall–Kier alpha value is -1.97. The van der Waals surface area contributed by atoms with Crippen molar-refractivity contribution in [2.75, 3.05) is 39.4 Å². The smallest absolute Gasteiger partial charge is 0.274 e. The van der Waals surface area contributed by atoms with Gasteiger partial charge in [0.2, 0.25) is 0 Å². The predicted molar refractivity (Wildman–Crippen MR) is 117 cm³/mol. The Balaban J connectivity index is 1.30. The van der Waals surface area contributed by atoms with Crippen LogP contribution < -0.4 is 5.32 Å². The van der Waals surface area contributed by atoms with Crippen molar-refractivity contribution < 1.29 is 19.1 Å². The van der Waals surface area contributed by atoms with Crippen LogP contribution in [0.2, 0.25) is 0 Å². The number of hydrogen-bond donors (Lipinski definition) is 1. The average Bonchev–Trinajstić information content (AvgIpc) is 3.54. The Labute approximate surface area is 189 Å². The van der Waals surface area contributed by atoms with Crippen LogP contribution in [0.1, 0.15) is 73.3 Å². The largest absolute Gasteiger partial charge is 0.347 e. The fourth-order valence-corrected chi connectivity index (χ4v) is 5.77. The Kier molecular flexibility index (Phi) is 5.75. The molecule has 32 heavy (non-hydrogen) atoms. The lowest BCUT2D eigenvalue weighted by molar-refractivity contribution is -0.181. The Morgan fingerprint density at radius 3 is 2.56 bits per heavy atom. The number of nitrogens with one attached hydrogen (secondary N) is 1. The summed E-state index contributed by atoms with van der Waals surface area (Å²) in [5.74, 6) is -0.691. The molecule has 1 atom stereocenters. The number of ether oxygens (including phenoxy) is 2. The highest BCUT2D eigenvalue weighted by molar-refractivity contribution is 5.98. The molecule has 1 aromatic rings. The maximum Gasteiger partial charge on any atom is 0.274 e. The second-order valence-electron chi connectivity index (χ2n) is 9.88. The third-order valence-electron chi connectivity index (χ3n) is 7.67. The number of rotatable bonds is 5. The third-order valence-corrected chi connectivity index (χ3v) is 7.67. The molecule has 2 saturated heterocycles. The summed E-state index contributed by atoms with van der Waals surface area (Å²) in [5.41, 5.74) is 0.480. The minimum Gasteiger partial charge on any atom is -0.347 e. The van der Waals surface area contributed by atoms with Gasteiger partial charge in [0.05, 0.1) is 25.3 Å². The van der Waals surface area contributed by atoms with E-state index in [9.17, 15) is 9.59 Å². The van der Waals surface area contributed by atoms with Crippen LogP contribution in [0.4, 0.5) is 0 Å². The van der Waals surface area contributed by atoms with Crippen molar-refractivity contribution in [3.05, 3.63) is 17.5 Å². The molecule has 1 saturated carbocycles. The second-order valence-corrected chi connectivity index (χ2v) is 9.88. The molecule has 0 radical (unpaired) electrons. The maximum atomic E-state index is 13.3. The lowest BCUT2D eigenvalue weighted by atomic mass is 9.95. The van der Waals surface area contributed by atoms with Crippen LogP contribution in [0.3, 0.4) is 0 Å². The number of likely N-dealkylation sites (N-methyl/N-ethyl adjacent to an activating group) is 1. The highest BCUT2D eigenvalue weighted by Crippen LogP contribution is 2.32. The molecule has 1 N–H and O–H groups in total. The van der Waals surface area contributed by atoms with E-state index in [0.29, 0.717) is 69.7 Å². The number of hydrogen-bond acceptors (Lipinski definition) is 6. The fraction of sp³-hybridized carbons (Fsp3) is 0.783. The van der Waals surface area contributed by atoms with Crippen LogP contribution in [0.15, 0.2) is 6.07 Å². The van der Waals surface area contributed by atoms with Gasteiger partial charge in [-0.05, 0) is 26.7 Å². The van der Waals surface area contributed by atoms with E-state index in [-0.39, 0.29) is 17.4 Å². The molecule has 9 heteroatoms. The van der Waals surface area contributed by atoms with Crippen LogP contribution in [-0.2, 0) is 16.0 Å². The molecular formula is C23H35N5O4. The summed E-state index contributed by atoms with van der Waals surface area (Å²) in [6, 6.07) is 2.21. The molecule has 0 aromatic carbocycles. The highest BCUT2D eigenvalue weighted by atomic mass is 16.7. The van der Waals surface area contributed by atoms with Gasteiger partial charge in [-0.2, -0.15) is 5.10 Å². The first-order valence-corrected chi connectivity index (χ1v) is 12.1. The molecule has 4 aliphatic rings. The number of carbonyl (C=O) groups excluding carboxylic acids is 2. The van der Waals surface area contributed by atoms with E-state index in [1.807, 2.05) is 11.8 Å². The van der Waals surface area contributed by atoms with Crippen molar-refractivity contribution in [3.8, 4) is 0 Å². The third kappa shape index (κ3) is 3.84. The number of fused-ring (bicyclic) bond motifs is 1. The summed E-state index contributed by atoms with van der Waals surface area (Å²) >= 11 is 0. The van der Waals surface area contributed by atoms with Gasteiger partial charge in [0, 0.05) is 51.1 Å². The van der Waals surface area contributed by atoms with Crippen molar-refractivity contribution in [1.82, 2.24) is 24.9 Å². The number of amides is 2. The molecule has 9 nitrogen and oxygen atoms in total. The monoisotopic (exact) mass is 445 g/mol. The molecule has 5 rings (SSSR count). The molecular weight excluding hydrogens is 410 g/mol. The minimum atomic E-state index is -0.518. The van der Waals surface area contributed by atoms with Crippen molar-refractivity contribution in [2.24, 2.45) is 0 Å². The summed E-state index contributed by atoms with van der Waals surface area (Å²) in [4.78, 5) is 30.2. The van der Waals surface area contributed by atoms with Gasteiger partial charge in [-0.15, -0.1) is 0 Å². The SMILES string of the molecule is CCN1C(=O)c2cc(C(=O)N3CCC4(CC3)OCCO4)nn2CC1(C)CNC1CCCC1. The quantitative estimate of drug-likeness (QED) is 0.741. The van der Waals surface area contributed by atoms with E-state index in [0.717, 1.165) is 6.54 Å². The number of piperidine rings is 1. The first-order chi connectivity index (χ1) is 15.4. The first kappa shape index (κ1) is 21.9. The lowest BCUT2D eigenvalue weighted by Gasteiger charge is -2.44. The minimum absolute atomic E-state index is 0.0497. The van der Waals surface area contributed by atoms with E-state index in [1.54, 1.807) is 15.6 Å². The zero-order valence-corrected chi connectivity index (χ0v) is 19.3. The van der Waals surface area contributed by atoms with Gasteiger partial charge in [0.25, 0.3) is 11.8 Å². The number of aromatic nitrogens is 2. The van der Waals surface area contributed by atoms with Crippen molar-refractivity contribution in [1.29, 1.82) is 0 Å². The summed E-state index contributed by atoms with van der Waals surface area (Å²) in [6.07, 6.45) is 6.29. The Morgan fingerprint density at radius 1 is 1.22 bits per heavy atom. The van der Waals surface area contributed by atoms with E-state index >= 15 is 0 Å². The summed E-state index contributed by atoms with van der Waals surface area (Å²) < 4.78 is 13.3. The first-order valence-electron chi connectivity index (χ1n) is 12.1. The summed E-state index contributed by atoms with van der Waals surface area (Å²) in [7, 11) is 0. The van der Waals surface area contributed by atoms with E-state index in [2.05, 4.69) is 17.3 Å². The van der Waals surface area contributed by atoms with Gasteiger partial charge >= 0.3 is 0 Å². The molecule has 1 aliphatic carbocycles. The molecule has 4 heterocycles. The zero-order valence-electron chi connectivity index (χ0n) is 19.3. The summed E-state index contributed by atoms with van der Waals surface area (Å²) in [5, 5.41) is 8.28. The normalized spacial score (nSPS) is 28.0. The molecule has 2 amide bonds. The van der Waals surface area contributed by atoms with Crippen LogP contribution >= 0.6 is 0 Å². The Morgan fingerprint density at radius 2 is 1.91 bits per heavy atom. The van der Waals surface area contributed by atoms with E-state index in [4.69, 9.17) is 9.47 Å². The van der Waals surface area contributed by atoms with Crippen LogP contribution in [0, 0.1) is 0 Å². The molecule has 0 bridgehead atoms. The standard InChI is InChI=1S/C23H35N5O4/c1-3-27-21(30)19-14-18(20(29)26-10-8-23(9-11-26)31-12-13-32-23)25-28(19)16-22(27,2)15-24-17-6-4-5-7-17/h14,17,24H,3-13,15-16H2,1-2H3. The fourth-order valence-electron chi connectivity index (χ4n) is 5.77. The molecule has 1 aromatic heterocycles. The molecule has 3 fully saturated rings. The zero-order chi connectivity index (χ0) is 22.3. The van der Waals surface area contributed by atoms with Gasteiger partial charge in [-0.3, -0.25) is 14.3 Å². The van der Waals surface area contributed by atoms with Gasteiger partial charge in [0.15, 0.2) is 11.5 Å². The molecule has 1 spiro atoms. The van der Waals surface area contributed by atoms with Crippen LogP contribution in [0.25, 0.3) is 0 Å². The van der Waals surface area contributed by atoms with Gasteiger partial charge in [-0.1, -0.05) is 12.8 Å². The van der Waals surface area contributed by atoms with Crippen LogP contribution in [-0.4, -0.2) is 88.2 Å². The van der Waals surface area contributed by atoms with Crippen molar-refractivity contribution >= 4 is 11.8 Å². The van der Waals surface area contributed by atoms with Gasteiger partial charge < -0.3 is 24.6 Å². The van der Waals surface area contributed by atoms with E-state index in [1.165, 1.54) is 25.7 Å². The highest BCUT2D eigenvalue weighted by Gasteiger charge is 2.44. The number of likely N-dealkylation sites (tertiary alicyclic amines) is 1.